The number of hydrogen-bond acceptors (Lipinski definition) is 6. The van der Waals surface area contributed by atoms with Gasteiger partial charge in [-0.1, -0.05) is 39.4 Å². The molecule has 1 saturated heterocycles. The van der Waals surface area contributed by atoms with Crippen LogP contribution in [0.25, 0.3) is 16.0 Å². The number of nitrogens with zero attached hydrogens (tertiary/aromatic N) is 2. The summed E-state index contributed by atoms with van der Waals surface area (Å²) in [5, 5.41) is 12.9. The highest BCUT2D eigenvalue weighted by Crippen LogP contribution is 2.45. The third-order valence-electron chi connectivity index (χ3n) is 5.30. The third kappa shape index (κ3) is 3.58. The van der Waals surface area contributed by atoms with Gasteiger partial charge in [0.15, 0.2) is 10.9 Å². The van der Waals surface area contributed by atoms with Crippen molar-refractivity contribution in [2.24, 2.45) is 0 Å². The number of thiazole rings is 1. The first-order chi connectivity index (χ1) is 15.8. The quantitative estimate of drug-likeness (QED) is 0.185. The van der Waals surface area contributed by atoms with Crippen LogP contribution in [-0.2, 0) is 9.59 Å². The molecule has 0 saturated carbocycles. The molecule has 2 aromatic carbocycles. The van der Waals surface area contributed by atoms with E-state index >= 15 is 0 Å². The smallest absolute Gasteiger partial charge is 0.301 e. The van der Waals surface area contributed by atoms with Crippen molar-refractivity contribution in [3.8, 4) is 0 Å². The average Bonchev–Trinajstić information content (AvgIpc) is 3.49. The number of aliphatic hydroxyl groups excluding tert-OH is 1. The van der Waals surface area contributed by atoms with E-state index in [9.17, 15) is 23.5 Å². The van der Waals surface area contributed by atoms with Gasteiger partial charge in [-0.2, -0.15) is 0 Å². The SMILES string of the molecule is Cc1cc(/C(O)=C2\C(=O)C(=O)N(c3nc4c(F)cc(F)cc4s3)C2c2cccs2)ccc1Br. The van der Waals surface area contributed by atoms with Gasteiger partial charge in [0.1, 0.15) is 23.1 Å². The number of rotatable bonds is 3. The number of ketones is 1. The Morgan fingerprint density at radius 3 is 2.67 bits per heavy atom. The number of fused-ring (bicyclic) bond motifs is 1. The Bertz CT molecular complexity index is 1480. The largest absolute Gasteiger partial charge is 0.507 e. The van der Waals surface area contributed by atoms with E-state index in [1.54, 1.807) is 35.7 Å². The Labute approximate surface area is 202 Å². The molecule has 0 bridgehead atoms. The maximum absolute atomic E-state index is 14.3. The number of halogens is 3. The second kappa shape index (κ2) is 8.12. The molecule has 1 amide bonds. The minimum absolute atomic E-state index is 0.0426. The predicted molar refractivity (Wildman–Crippen MR) is 128 cm³/mol. The molecule has 0 spiro atoms. The second-order valence-electron chi connectivity index (χ2n) is 7.38. The molecular weight excluding hydrogens is 534 g/mol. The van der Waals surface area contributed by atoms with Crippen LogP contribution < -0.4 is 4.90 Å². The number of anilines is 1. The Morgan fingerprint density at radius 2 is 1.97 bits per heavy atom. The molecule has 166 valence electrons. The Hall–Kier alpha value is -2.95. The van der Waals surface area contributed by atoms with Gasteiger partial charge in [-0.25, -0.2) is 13.8 Å². The van der Waals surface area contributed by atoms with Crippen LogP contribution >= 0.6 is 38.6 Å². The molecule has 1 aliphatic heterocycles. The summed E-state index contributed by atoms with van der Waals surface area (Å²) in [6.45, 7) is 1.84. The molecular formula is C23H13BrF2N2O3S2. The van der Waals surface area contributed by atoms with Gasteiger partial charge in [0.05, 0.1) is 10.3 Å². The van der Waals surface area contributed by atoms with Crippen LogP contribution in [0.2, 0.25) is 0 Å². The molecule has 2 aromatic heterocycles. The number of carbonyl (C=O) groups is 2. The standard InChI is InChI=1S/C23H13BrF2N2O3S2/c1-10-7-11(4-5-13(10)24)20(29)17-19(15-3-2-6-32-15)28(22(31)21(17)30)23-27-18-14(26)8-12(25)9-16(18)33-23/h2-9,19,29H,1H3/b20-17+. The molecule has 3 heterocycles. The summed E-state index contributed by atoms with van der Waals surface area (Å²) >= 11 is 5.61. The van der Waals surface area contributed by atoms with Crippen molar-refractivity contribution < 1.29 is 23.5 Å². The van der Waals surface area contributed by atoms with Crippen molar-refractivity contribution in [1.29, 1.82) is 0 Å². The predicted octanol–water partition coefficient (Wildman–Crippen LogP) is 6.33. The zero-order chi connectivity index (χ0) is 23.4. The summed E-state index contributed by atoms with van der Waals surface area (Å²) in [4.78, 5) is 32.2. The summed E-state index contributed by atoms with van der Waals surface area (Å²) in [6, 6.07) is 9.47. The fourth-order valence-electron chi connectivity index (χ4n) is 3.74. The van der Waals surface area contributed by atoms with E-state index in [4.69, 9.17) is 0 Å². The molecule has 5 nitrogen and oxygen atoms in total. The fourth-order valence-corrected chi connectivity index (χ4v) is 5.84. The van der Waals surface area contributed by atoms with Gasteiger partial charge in [-0.05, 0) is 42.1 Å². The summed E-state index contributed by atoms with van der Waals surface area (Å²) in [5.41, 5.74) is 1.04. The fraction of sp³-hybridized carbons (Fsp3) is 0.0870. The number of amides is 1. The molecule has 1 aliphatic rings. The van der Waals surface area contributed by atoms with Crippen molar-refractivity contribution in [2.45, 2.75) is 13.0 Å². The molecule has 33 heavy (non-hydrogen) atoms. The first kappa shape index (κ1) is 21.9. The van der Waals surface area contributed by atoms with Crippen molar-refractivity contribution in [1.82, 2.24) is 4.98 Å². The maximum atomic E-state index is 14.3. The lowest BCUT2D eigenvalue weighted by molar-refractivity contribution is -0.132. The van der Waals surface area contributed by atoms with Gasteiger partial charge in [-0.3, -0.25) is 14.5 Å². The number of thiophene rings is 1. The van der Waals surface area contributed by atoms with Gasteiger partial charge < -0.3 is 5.11 Å². The summed E-state index contributed by atoms with van der Waals surface area (Å²) in [6.07, 6.45) is 0. The number of aryl methyl sites for hydroxylation is 1. The third-order valence-corrected chi connectivity index (χ3v) is 8.11. The highest BCUT2D eigenvalue weighted by atomic mass is 79.9. The molecule has 1 unspecified atom stereocenters. The second-order valence-corrected chi connectivity index (χ2v) is 10.2. The van der Waals surface area contributed by atoms with Crippen LogP contribution in [0.4, 0.5) is 13.9 Å². The zero-order valence-corrected chi connectivity index (χ0v) is 20.0. The number of hydrogen-bond donors (Lipinski definition) is 1. The van der Waals surface area contributed by atoms with Crippen LogP contribution in [0.5, 0.6) is 0 Å². The lowest BCUT2D eigenvalue weighted by Crippen LogP contribution is -2.28. The van der Waals surface area contributed by atoms with Crippen LogP contribution in [-0.4, -0.2) is 21.8 Å². The van der Waals surface area contributed by atoms with Crippen LogP contribution in [0.15, 0.2) is 57.9 Å². The number of carbonyl (C=O) groups excluding carboxylic acids is 2. The maximum Gasteiger partial charge on any atom is 0.301 e. The van der Waals surface area contributed by atoms with Gasteiger partial charge in [0.25, 0.3) is 5.78 Å². The van der Waals surface area contributed by atoms with Gasteiger partial charge in [0, 0.05) is 21.0 Å². The molecule has 10 heteroatoms. The van der Waals surface area contributed by atoms with Gasteiger partial charge >= 0.3 is 5.91 Å². The van der Waals surface area contributed by atoms with Crippen molar-refractivity contribution in [2.75, 3.05) is 4.90 Å². The average molecular weight is 547 g/mol. The summed E-state index contributed by atoms with van der Waals surface area (Å²) < 4.78 is 29.0. The van der Waals surface area contributed by atoms with Crippen LogP contribution in [0, 0.1) is 18.6 Å². The topological polar surface area (TPSA) is 70.5 Å². The highest BCUT2D eigenvalue weighted by molar-refractivity contribution is 9.10. The summed E-state index contributed by atoms with van der Waals surface area (Å²) in [5.74, 6) is -3.72. The van der Waals surface area contributed by atoms with E-state index in [2.05, 4.69) is 20.9 Å². The number of aromatic nitrogens is 1. The van der Waals surface area contributed by atoms with E-state index in [0.717, 1.165) is 32.3 Å². The lowest BCUT2D eigenvalue weighted by Gasteiger charge is -2.21. The molecule has 0 radical (unpaired) electrons. The van der Waals surface area contributed by atoms with Gasteiger partial charge in [0.2, 0.25) is 0 Å². The van der Waals surface area contributed by atoms with E-state index in [0.29, 0.717) is 16.5 Å². The number of Topliss-reactive ketones (excluding diaryl/α,β-unsaturated/α-hetero) is 1. The van der Waals surface area contributed by atoms with Crippen LogP contribution in [0.3, 0.4) is 0 Å². The van der Waals surface area contributed by atoms with E-state index in [1.165, 1.54) is 11.3 Å². The molecule has 1 atom stereocenters. The van der Waals surface area contributed by atoms with E-state index in [-0.39, 0.29) is 26.7 Å². The Balaban J connectivity index is 1.72. The minimum atomic E-state index is -0.956. The Kier molecular flexibility index (Phi) is 5.38. The first-order valence-corrected chi connectivity index (χ1v) is 12.1. The van der Waals surface area contributed by atoms with E-state index in [1.807, 2.05) is 6.92 Å². The van der Waals surface area contributed by atoms with E-state index < -0.39 is 29.4 Å². The molecule has 4 aromatic rings. The molecule has 5 rings (SSSR count). The number of aliphatic hydroxyl groups is 1. The lowest BCUT2D eigenvalue weighted by atomic mass is 9.99. The first-order valence-electron chi connectivity index (χ1n) is 9.62. The Morgan fingerprint density at radius 1 is 1.18 bits per heavy atom. The monoisotopic (exact) mass is 546 g/mol. The van der Waals surface area contributed by atoms with Crippen molar-refractivity contribution in [3.63, 3.8) is 0 Å². The normalized spacial score (nSPS) is 17.9. The highest BCUT2D eigenvalue weighted by Gasteiger charge is 2.48. The minimum Gasteiger partial charge on any atom is -0.507 e. The van der Waals surface area contributed by atoms with Gasteiger partial charge in [-0.15, -0.1) is 11.3 Å². The summed E-state index contributed by atoms with van der Waals surface area (Å²) in [7, 11) is 0. The molecule has 1 N–H and O–H groups in total. The van der Waals surface area contributed by atoms with Crippen LogP contribution in [0.1, 0.15) is 22.0 Å². The van der Waals surface area contributed by atoms with Crippen molar-refractivity contribution >= 4 is 71.4 Å². The van der Waals surface area contributed by atoms with Crippen molar-refractivity contribution in [3.05, 3.63) is 85.5 Å². The molecule has 1 fully saturated rings. The zero-order valence-electron chi connectivity index (χ0n) is 16.8. The number of benzene rings is 2. The molecule has 0 aliphatic carbocycles.